The van der Waals surface area contributed by atoms with E-state index in [-0.39, 0.29) is 0 Å². The fourth-order valence-corrected chi connectivity index (χ4v) is 1.61. The number of anilines is 1. The fraction of sp³-hybridized carbons (Fsp3) is 0.333. The van der Waals surface area contributed by atoms with Gasteiger partial charge in [0.1, 0.15) is 12.1 Å². The number of rotatable bonds is 2. The lowest BCUT2D eigenvalue weighted by atomic mass is 9.93. The molecule has 0 radical (unpaired) electrons. The van der Waals surface area contributed by atoms with Crippen molar-refractivity contribution in [1.29, 1.82) is 10.5 Å². The summed E-state index contributed by atoms with van der Waals surface area (Å²) in [4.78, 5) is 0. The van der Waals surface area contributed by atoms with Gasteiger partial charge in [0.15, 0.2) is 0 Å². The Morgan fingerprint density at radius 3 is 2.40 bits per heavy atom. The number of benzene rings is 1. The number of hydrogen-bond acceptors (Lipinski definition) is 3. The molecule has 74 valence electrons. The normalized spacial score (nSPS) is 14.8. The molecule has 1 fully saturated rings. The lowest BCUT2D eigenvalue weighted by Crippen LogP contribution is -2.26. The standard InChI is InChI=1S/C12H11N3/c13-7-9-4-5-12(6-10(9)8-14)15-11-2-1-3-11/h4-6,11,15H,1-3H2. The monoisotopic (exact) mass is 197 g/mol. The summed E-state index contributed by atoms with van der Waals surface area (Å²) in [7, 11) is 0. The van der Waals surface area contributed by atoms with Crippen LogP contribution in [0.3, 0.4) is 0 Å². The summed E-state index contributed by atoms with van der Waals surface area (Å²) >= 11 is 0. The zero-order valence-corrected chi connectivity index (χ0v) is 8.33. The van der Waals surface area contributed by atoms with Gasteiger partial charge in [-0.3, -0.25) is 0 Å². The van der Waals surface area contributed by atoms with Gasteiger partial charge >= 0.3 is 0 Å². The molecule has 0 bridgehead atoms. The first kappa shape index (κ1) is 9.55. The predicted octanol–water partition coefficient (Wildman–Crippen LogP) is 2.39. The second-order valence-electron chi connectivity index (χ2n) is 3.76. The van der Waals surface area contributed by atoms with Gasteiger partial charge in [0.05, 0.1) is 11.1 Å². The summed E-state index contributed by atoms with van der Waals surface area (Å²) in [5, 5.41) is 21.0. The van der Waals surface area contributed by atoms with Gasteiger partial charge in [-0.25, -0.2) is 0 Å². The minimum atomic E-state index is 0.441. The molecule has 3 nitrogen and oxygen atoms in total. The molecule has 15 heavy (non-hydrogen) atoms. The highest BCUT2D eigenvalue weighted by molar-refractivity contribution is 5.56. The van der Waals surface area contributed by atoms with Crippen LogP contribution in [0, 0.1) is 22.7 Å². The van der Waals surface area contributed by atoms with Crippen LogP contribution >= 0.6 is 0 Å². The maximum absolute atomic E-state index is 8.85. The van der Waals surface area contributed by atoms with Gasteiger partial charge in [-0.2, -0.15) is 10.5 Å². The van der Waals surface area contributed by atoms with Crippen LogP contribution in [-0.2, 0) is 0 Å². The van der Waals surface area contributed by atoms with Crippen molar-refractivity contribution in [1.82, 2.24) is 0 Å². The zero-order valence-electron chi connectivity index (χ0n) is 8.33. The number of nitrogens with one attached hydrogen (secondary N) is 1. The summed E-state index contributed by atoms with van der Waals surface area (Å²) in [6.07, 6.45) is 3.67. The molecule has 1 aliphatic rings. The van der Waals surface area contributed by atoms with Gasteiger partial charge in [0.2, 0.25) is 0 Å². The van der Waals surface area contributed by atoms with Crippen molar-refractivity contribution in [2.75, 3.05) is 5.32 Å². The van der Waals surface area contributed by atoms with Crippen LogP contribution in [0.5, 0.6) is 0 Å². The van der Waals surface area contributed by atoms with E-state index in [1.54, 1.807) is 12.1 Å². The summed E-state index contributed by atoms with van der Waals surface area (Å²) in [6.45, 7) is 0. The van der Waals surface area contributed by atoms with E-state index >= 15 is 0 Å². The molecular formula is C12H11N3. The first-order chi connectivity index (χ1) is 7.33. The summed E-state index contributed by atoms with van der Waals surface area (Å²) < 4.78 is 0. The molecule has 2 rings (SSSR count). The second-order valence-corrected chi connectivity index (χ2v) is 3.76. The highest BCUT2D eigenvalue weighted by atomic mass is 14.9. The maximum atomic E-state index is 8.85. The van der Waals surface area contributed by atoms with Crippen LogP contribution in [0.15, 0.2) is 18.2 Å². The molecule has 0 heterocycles. The van der Waals surface area contributed by atoms with Crippen LogP contribution in [0.4, 0.5) is 5.69 Å². The summed E-state index contributed by atoms with van der Waals surface area (Å²) in [6, 6.07) is 9.88. The molecule has 1 saturated carbocycles. The Balaban J connectivity index is 2.20. The second kappa shape index (κ2) is 4.02. The molecule has 1 aliphatic carbocycles. The first-order valence-electron chi connectivity index (χ1n) is 5.04. The molecule has 0 atom stereocenters. The molecular weight excluding hydrogens is 186 g/mol. The Bertz CT molecular complexity index is 447. The highest BCUT2D eigenvalue weighted by Crippen LogP contribution is 2.24. The third-order valence-electron chi connectivity index (χ3n) is 2.74. The lowest BCUT2D eigenvalue weighted by molar-refractivity contribution is 0.445. The summed E-state index contributed by atoms with van der Waals surface area (Å²) in [5.74, 6) is 0. The molecule has 0 saturated heterocycles. The number of nitriles is 2. The number of nitrogens with zero attached hydrogens (tertiary/aromatic N) is 2. The van der Waals surface area contributed by atoms with Gasteiger partial charge in [-0.05, 0) is 37.5 Å². The predicted molar refractivity (Wildman–Crippen MR) is 57.1 cm³/mol. The third kappa shape index (κ3) is 1.92. The average Bonchev–Trinajstić information content (AvgIpc) is 2.23. The third-order valence-corrected chi connectivity index (χ3v) is 2.74. The topological polar surface area (TPSA) is 59.6 Å². The Morgan fingerprint density at radius 1 is 1.13 bits per heavy atom. The van der Waals surface area contributed by atoms with Gasteiger partial charge in [-0.1, -0.05) is 0 Å². The molecule has 0 aliphatic heterocycles. The lowest BCUT2D eigenvalue weighted by Gasteiger charge is -2.27. The van der Waals surface area contributed by atoms with Gasteiger partial charge < -0.3 is 5.32 Å². The van der Waals surface area contributed by atoms with E-state index in [0.29, 0.717) is 17.2 Å². The SMILES string of the molecule is N#Cc1ccc(NC2CCC2)cc1C#N. The van der Waals surface area contributed by atoms with E-state index in [4.69, 9.17) is 10.5 Å². The summed E-state index contributed by atoms with van der Waals surface area (Å²) in [5.41, 5.74) is 1.83. The average molecular weight is 197 g/mol. The van der Waals surface area contributed by atoms with Crippen LogP contribution in [0.1, 0.15) is 30.4 Å². The molecule has 1 N–H and O–H groups in total. The van der Waals surface area contributed by atoms with E-state index in [9.17, 15) is 0 Å². The highest BCUT2D eigenvalue weighted by Gasteiger charge is 2.17. The van der Waals surface area contributed by atoms with Crippen molar-refractivity contribution in [3.63, 3.8) is 0 Å². The fourth-order valence-electron chi connectivity index (χ4n) is 1.61. The van der Waals surface area contributed by atoms with Crippen molar-refractivity contribution in [2.24, 2.45) is 0 Å². The van der Waals surface area contributed by atoms with E-state index in [0.717, 1.165) is 5.69 Å². The molecule has 0 aromatic heterocycles. The van der Waals surface area contributed by atoms with Crippen molar-refractivity contribution in [3.05, 3.63) is 29.3 Å². The Morgan fingerprint density at radius 2 is 1.87 bits per heavy atom. The van der Waals surface area contributed by atoms with E-state index in [1.165, 1.54) is 19.3 Å². The van der Waals surface area contributed by atoms with Crippen LogP contribution in [0.25, 0.3) is 0 Å². The Kier molecular flexibility index (Phi) is 2.56. The minimum absolute atomic E-state index is 0.441. The van der Waals surface area contributed by atoms with Gasteiger partial charge in [-0.15, -0.1) is 0 Å². The van der Waals surface area contributed by atoms with Crippen LogP contribution in [-0.4, -0.2) is 6.04 Å². The molecule has 0 unspecified atom stereocenters. The van der Waals surface area contributed by atoms with Crippen LogP contribution in [0.2, 0.25) is 0 Å². The van der Waals surface area contributed by atoms with Crippen molar-refractivity contribution in [3.8, 4) is 12.1 Å². The molecule has 0 amide bonds. The Hall–Kier alpha value is -2.00. The largest absolute Gasteiger partial charge is 0.382 e. The Labute approximate surface area is 89.0 Å². The first-order valence-corrected chi connectivity index (χ1v) is 5.04. The van der Waals surface area contributed by atoms with E-state index in [2.05, 4.69) is 5.32 Å². The zero-order chi connectivity index (χ0) is 10.7. The smallest absolute Gasteiger partial charge is 0.101 e. The number of hydrogen-bond donors (Lipinski definition) is 1. The van der Waals surface area contributed by atoms with Gasteiger partial charge in [0, 0.05) is 11.7 Å². The van der Waals surface area contributed by atoms with Gasteiger partial charge in [0.25, 0.3) is 0 Å². The van der Waals surface area contributed by atoms with Crippen LogP contribution < -0.4 is 5.32 Å². The van der Waals surface area contributed by atoms with Crippen molar-refractivity contribution < 1.29 is 0 Å². The molecule has 3 heteroatoms. The minimum Gasteiger partial charge on any atom is -0.382 e. The van der Waals surface area contributed by atoms with Crippen molar-refractivity contribution in [2.45, 2.75) is 25.3 Å². The quantitative estimate of drug-likeness (QED) is 0.791. The van der Waals surface area contributed by atoms with E-state index in [1.807, 2.05) is 18.2 Å². The molecule has 1 aromatic carbocycles. The molecule has 0 spiro atoms. The van der Waals surface area contributed by atoms with Crippen molar-refractivity contribution >= 4 is 5.69 Å². The van der Waals surface area contributed by atoms with E-state index < -0.39 is 0 Å². The molecule has 1 aromatic rings. The maximum Gasteiger partial charge on any atom is 0.101 e.